The first-order chi connectivity index (χ1) is 13.9. The summed E-state index contributed by atoms with van der Waals surface area (Å²) in [7, 11) is 0. The van der Waals surface area contributed by atoms with Crippen molar-refractivity contribution in [3.8, 4) is 5.75 Å². The van der Waals surface area contributed by atoms with E-state index in [4.69, 9.17) is 4.74 Å². The maximum Gasteiger partial charge on any atom is 0.262 e. The van der Waals surface area contributed by atoms with Crippen LogP contribution in [0.25, 0.3) is 0 Å². The number of hydrogen-bond acceptors (Lipinski definition) is 4. The molecule has 2 atom stereocenters. The van der Waals surface area contributed by atoms with Gasteiger partial charge in [-0.25, -0.2) is 0 Å². The Morgan fingerprint density at radius 2 is 1.62 bits per heavy atom. The van der Waals surface area contributed by atoms with Crippen LogP contribution in [0.4, 0.5) is 5.69 Å². The van der Waals surface area contributed by atoms with Gasteiger partial charge >= 0.3 is 0 Å². The molecule has 0 fully saturated rings. The molecule has 0 spiro atoms. The van der Waals surface area contributed by atoms with Gasteiger partial charge in [0.1, 0.15) is 18.4 Å². The van der Waals surface area contributed by atoms with Crippen molar-refractivity contribution in [3.05, 3.63) is 59.7 Å². The molecule has 0 radical (unpaired) electrons. The summed E-state index contributed by atoms with van der Waals surface area (Å²) < 4.78 is 5.75. The standard InChI is InChI=1S/C23H24N2O4/c1-14(2)12-19(25-21(26)16-8-4-5-9-17(16)22(25)27)23(28)24-15(3)13-29-20-11-7-6-10-18(20)24/h4-11,14-15,19H,12-13H2,1-3H3/t15-,19-/m0/s1. The number of hydrogen-bond donors (Lipinski definition) is 0. The van der Waals surface area contributed by atoms with E-state index >= 15 is 0 Å². The van der Waals surface area contributed by atoms with Crippen molar-refractivity contribution in [3.63, 3.8) is 0 Å². The van der Waals surface area contributed by atoms with E-state index in [0.717, 1.165) is 4.90 Å². The minimum atomic E-state index is -0.865. The molecule has 4 rings (SSSR count). The maximum atomic E-state index is 13.8. The van der Waals surface area contributed by atoms with Crippen molar-refractivity contribution < 1.29 is 19.1 Å². The van der Waals surface area contributed by atoms with Crippen molar-refractivity contribution in [1.29, 1.82) is 0 Å². The Morgan fingerprint density at radius 3 is 2.24 bits per heavy atom. The average molecular weight is 392 g/mol. The van der Waals surface area contributed by atoms with Gasteiger partial charge in [0.15, 0.2) is 0 Å². The molecular weight excluding hydrogens is 368 g/mol. The van der Waals surface area contributed by atoms with E-state index in [1.54, 1.807) is 29.2 Å². The molecule has 0 aromatic heterocycles. The van der Waals surface area contributed by atoms with Crippen LogP contribution in [0.5, 0.6) is 5.75 Å². The van der Waals surface area contributed by atoms with Gasteiger partial charge in [-0.1, -0.05) is 38.1 Å². The molecule has 29 heavy (non-hydrogen) atoms. The Kier molecular flexibility index (Phi) is 4.86. The first kappa shape index (κ1) is 19.2. The Bertz CT molecular complexity index is 949. The highest BCUT2D eigenvalue weighted by Gasteiger charge is 2.45. The van der Waals surface area contributed by atoms with Crippen LogP contribution in [0, 0.1) is 5.92 Å². The van der Waals surface area contributed by atoms with Gasteiger partial charge in [-0.05, 0) is 43.5 Å². The van der Waals surface area contributed by atoms with Crippen LogP contribution < -0.4 is 9.64 Å². The van der Waals surface area contributed by atoms with Gasteiger partial charge in [-0.2, -0.15) is 0 Å². The number of para-hydroxylation sites is 2. The molecular formula is C23H24N2O4. The van der Waals surface area contributed by atoms with Crippen molar-refractivity contribution in [1.82, 2.24) is 4.90 Å². The molecule has 0 bridgehead atoms. The SMILES string of the molecule is CC(C)C[C@@H](C(=O)N1c2ccccc2OC[C@@H]1C)N1C(=O)c2ccccc2C1=O. The van der Waals surface area contributed by atoms with E-state index in [9.17, 15) is 14.4 Å². The third kappa shape index (κ3) is 3.18. The van der Waals surface area contributed by atoms with E-state index in [1.807, 2.05) is 45.0 Å². The Hall–Kier alpha value is -3.15. The number of carbonyl (C=O) groups excluding carboxylic acids is 3. The molecule has 6 nitrogen and oxygen atoms in total. The van der Waals surface area contributed by atoms with Gasteiger partial charge in [0, 0.05) is 0 Å². The lowest BCUT2D eigenvalue weighted by Crippen LogP contribution is -2.56. The molecule has 2 aromatic carbocycles. The predicted octanol–water partition coefficient (Wildman–Crippen LogP) is 3.51. The minimum absolute atomic E-state index is 0.125. The highest BCUT2D eigenvalue weighted by molar-refractivity contribution is 6.23. The number of rotatable bonds is 4. The zero-order valence-electron chi connectivity index (χ0n) is 16.8. The third-order valence-electron chi connectivity index (χ3n) is 5.40. The van der Waals surface area contributed by atoms with E-state index in [2.05, 4.69) is 0 Å². The summed E-state index contributed by atoms with van der Waals surface area (Å²) in [5.41, 5.74) is 1.38. The summed E-state index contributed by atoms with van der Waals surface area (Å²) in [5, 5.41) is 0. The van der Waals surface area contributed by atoms with Crippen molar-refractivity contribution in [2.75, 3.05) is 11.5 Å². The quantitative estimate of drug-likeness (QED) is 0.747. The van der Waals surface area contributed by atoms with Crippen molar-refractivity contribution in [2.45, 2.75) is 39.3 Å². The molecule has 150 valence electrons. The predicted molar refractivity (Wildman–Crippen MR) is 109 cm³/mol. The second-order valence-corrected chi connectivity index (χ2v) is 8.01. The summed E-state index contributed by atoms with van der Waals surface area (Å²) in [5.74, 6) is -0.307. The lowest BCUT2D eigenvalue weighted by molar-refractivity contribution is -0.123. The fourth-order valence-corrected chi connectivity index (χ4v) is 4.05. The van der Waals surface area contributed by atoms with Gasteiger partial charge in [0.2, 0.25) is 0 Å². The van der Waals surface area contributed by atoms with E-state index < -0.39 is 17.9 Å². The van der Waals surface area contributed by atoms with Gasteiger partial charge < -0.3 is 9.64 Å². The number of anilines is 1. The van der Waals surface area contributed by atoms with Crippen LogP contribution >= 0.6 is 0 Å². The molecule has 2 aromatic rings. The first-order valence-corrected chi connectivity index (χ1v) is 9.92. The smallest absolute Gasteiger partial charge is 0.262 e. The molecule has 0 N–H and O–H groups in total. The zero-order valence-corrected chi connectivity index (χ0v) is 16.8. The summed E-state index contributed by atoms with van der Waals surface area (Å²) in [6.07, 6.45) is 0.399. The number of fused-ring (bicyclic) bond motifs is 2. The number of imide groups is 1. The minimum Gasteiger partial charge on any atom is -0.489 e. The van der Waals surface area contributed by atoms with Gasteiger partial charge in [-0.3, -0.25) is 19.3 Å². The first-order valence-electron chi connectivity index (χ1n) is 9.92. The van der Waals surface area contributed by atoms with Crippen LogP contribution in [-0.4, -0.2) is 41.3 Å². The Morgan fingerprint density at radius 1 is 1.03 bits per heavy atom. The molecule has 0 aliphatic carbocycles. The molecule has 0 unspecified atom stereocenters. The van der Waals surface area contributed by atoms with E-state index in [1.165, 1.54) is 0 Å². The van der Waals surface area contributed by atoms with Crippen molar-refractivity contribution >= 4 is 23.4 Å². The summed E-state index contributed by atoms with van der Waals surface area (Å²) in [6, 6.07) is 13.0. The van der Waals surface area contributed by atoms with E-state index in [0.29, 0.717) is 35.6 Å². The van der Waals surface area contributed by atoms with Crippen LogP contribution in [0.15, 0.2) is 48.5 Å². The fourth-order valence-electron chi connectivity index (χ4n) is 4.05. The highest BCUT2D eigenvalue weighted by Crippen LogP contribution is 2.36. The lowest BCUT2D eigenvalue weighted by Gasteiger charge is -2.39. The Labute approximate surface area is 170 Å². The molecule has 3 amide bonds. The zero-order chi connectivity index (χ0) is 20.7. The molecule has 0 saturated carbocycles. The number of nitrogens with zero attached hydrogens (tertiary/aromatic N) is 2. The number of ether oxygens (including phenoxy) is 1. The lowest BCUT2D eigenvalue weighted by atomic mass is 9.99. The van der Waals surface area contributed by atoms with Gasteiger partial charge in [-0.15, -0.1) is 0 Å². The van der Waals surface area contributed by atoms with Crippen LogP contribution in [0.2, 0.25) is 0 Å². The van der Waals surface area contributed by atoms with Crippen LogP contribution in [0.1, 0.15) is 47.9 Å². The van der Waals surface area contributed by atoms with Gasteiger partial charge in [0.05, 0.1) is 22.9 Å². The van der Waals surface area contributed by atoms with Gasteiger partial charge in [0.25, 0.3) is 17.7 Å². The summed E-state index contributed by atoms with van der Waals surface area (Å²) in [4.78, 5) is 42.7. The summed E-state index contributed by atoms with van der Waals surface area (Å²) in [6.45, 7) is 6.23. The second kappa shape index (κ2) is 7.35. The molecule has 2 aliphatic heterocycles. The molecule has 2 aliphatic rings. The second-order valence-electron chi connectivity index (χ2n) is 8.01. The third-order valence-corrected chi connectivity index (χ3v) is 5.40. The molecule has 0 saturated heterocycles. The van der Waals surface area contributed by atoms with Crippen LogP contribution in [0.3, 0.4) is 0 Å². The largest absolute Gasteiger partial charge is 0.489 e. The molecule has 2 heterocycles. The monoisotopic (exact) mass is 392 g/mol. The van der Waals surface area contributed by atoms with Crippen molar-refractivity contribution in [2.24, 2.45) is 5.92 Å². The maximum absolute atomic E-state index is 13.8. The van der Waals surface area contributed by atoms with Crippen LogP contribution in [-0.2, 0) is 4.79 Å². The Balaban J connectivity index is 1.74. The average Bonchev–Trinajstić information content (AvgIpc) is 2.96. The number of benzene rings is 2. The topological polar surface area (TPSA) is 66.9 Å². The highest BCUT2D eigenvalue weighted by atomic mass is 16.5. The fraction of sp³-hybridized carbons (Fsp3) is 0.348. The van der Waals surface area contributed by atoms with E-state index in [-0.39, 0.29) is 17.9 Å². The normalized spacial score (nSPS) is 19.1. The summed E-state index contributed by atoms with van der Waals surface area (Å²) >= 11 is 0. The molecule has 6 heteroatoms. The number of carbonyl (C=O) groups is 3. The number of amides is 3.